The van der Waals surface area contributed by atoms with Gasteiger partial charge >= 0.3 is 11.9 Å². The van der Waals surface area contributed by atoms with Crippen LogP contribution in [0, 0.1) is 11.8 Å². The predicted octanol–water partition coefficient (Wildman–Crippen LogP) is 2.31. The first-order valence-electron chi connectivity index (χ1n) is 6.52. The van der Waals surface area contributed by atoms with E-state index in [0.717, 1.165) is 12.8 Å². The smallest absolute Gasteiger partial charge is 0.320 e. The first kappa shape index (κ1) is 14.0. The lowest BCUT2D eigenvalue weighted by Crippen LogP contribution is -2.29. The highest BCUT2D eigenvalue weighted by Gasteiger charge is 2.33. The molecule has 0 aromatic carbocycles. The van der Waals surface area contributed by atoms with E-state index in [1.807, 2.05) is 0 Å². The lowest BCUT2D eigenvalue weighted by Gasteiger charge is -2.17. The maximum atomic E-state index is 11.7. The van der Waals surface area contributed by atoms with Crippen LogP contribution in [-0.4, -0.2) is 25.2 Å². The van der Waals surface area contributed by atoms with Crippen molar-refractivity contribution >= 4 is 11.9 Å². The molecule has 4 nitrogen and oxygen atoms in total. The minimum absolute atomic E-state index is 0.305. The Morgan fingerprint density at radius 1 is 1.06 bits per heavy atom. The number of rotatable bonds is 6. The van der Waals surface area contributed by atoms with Crippen LogP contribution in [0.15, 0.2) is 0 Å². The standard InChI is InChI=1S/C13H22O4/c1-3-16-12(14)11(13(15)17-4-2)9-10-7-5-6-8-10/h10-11H,3-9H2,1-2H3. The van der Waals surface area contributed by atoms with E-state index in [-0.39, 0.29) is 0 Å². The SMILES string of the molecule is CCOC(=O)C(CC1CCCC1)C(=O)OCC. The van der Waals surface area contributed by atoms with Crippen molar-refractivity contribution in [2.24, 2.45) is 11.8 Å². The van der Waals surface area contributed by atoms with Crippen LogP contribution in [0.5, 0.6) is 0 Å². The van der Waals surface area contributed by atoms with E-state index in [1.54, 1.807) is 13.8 Å². The lowest BCUT2D eigenvalue weighted by molar-refractivity contribution is -0.162. The highest BCUT2D eigenvalue weighted by molar-refractivity contribution is 5.94. The Kier molecular flexibility index (Phi) is 6.01. The molecular weight excluding hydrogens is 220 g/mol. The summed E-state index contributed by atoms with van der Waals surface area (Å²) >= 11 is 0. The van der Waals surface area contributed by atoms with Crippen molar-refractivity contribution < 1.29 is 19.1 Å². The highest BCUT2D eigenvalue weighted by atomic mass is 16.6. The molecule has 0 amide bonds. The molecule has 1 saturated carbocycles. The van der Waals surface area contributed by atoms with Crippen LogP contribution in [0.1, 0.15) is 46.0 Å². The molecule has 0 saturated heterocycles. The molecule has 0 spiro atoms. The summed E-state index contributed by atoms with van der Waals surface area (Å²) in [4.78, 5) is 23.4. The number of hydrogen-bond donors (Lipinski definition) is 0. The van der Waals surface area contributed by atoms with Crippen molar-refractivity contribution in [2.45, 2.75) is 46.0 Å². The first-order valence-corrected chi connectivity index (χ1v) is 6.52. The second-order valence-corrected chi connectivity index (χ2v) is 4.44. The van der Waals surface area contributed by atoms with Gasteiger partial charge < -0.3 is 9.47 Å². The third-order valence-corrected chi connectivity index (χ3v) is 3.19. The van der Waals surface area contributed by atoms with Gasteiger partial charge in [-0.15, -0.1) is 0 Å². The van der Waals surface area contributed by atoms with Crippen molar-refractivity contribution in [1.82, 2.24) is 0 Å². The lowest BCUT2D eigenvalue weighted by atomic mass is 9.93. The molecule has 1 aliphatic carbocycles. The third kappa shape index (κ3) is 4.36. The number of carbonyl (C=O) groups is 2. The van der Waals surface area contributed by atoms with E-state index in [2.05, 4.69) is 0 Å². The van der Waals surface area contributed by atoms with Gasteiger partial charge in [0.2, 0.25) is 0 Å². The number of carbonyl (C=O) groups excluding carboxylic acids is 2. The molecule has 0 bridgehead atoms. The van der Waals surface area contributed by atoms with Crippen molar-refractivity contribution in [3.63, 3.8) is 0 Å². The van der Waals surface area contributed by atoms with Gasteiger partial charge in [-0.05, 0) is 26.2 Å². The van der Waals surface area contributed by atoms with Gasteiger partial charge in [-0.1, -0.05) is 25.7 Å². The van der Waals surface area contributed by atoms with Crippen molar-refractivity contribution in [1.29, 1.82) is 0 Å². The normalized spacial score (nSPS) is 16.2. The molecule has 0 N–H and O–H groups in total. The molecule has 0 aromatic rings. The molecule has 0 aromatic heterocycles. The molecule has 0 aliphatic heterocycles. The Labute approximate surface area is 103 Å². The zero-order valence-corrected chi connectivity index (χ0v) is 10.7. The average molecular weight is 242 g/mol. The summed E-state index contributed by atoms with van der Waals surface area (Å²) in [7, 11) is 0. The molecule has 17 heavy (non-hydrogen) atoms. The molecule has 0 heterocycles. The maximum Gasteiger partial charge on any atom is 0.320 e. The summed E-state index contributed by atoms with van der Waals surface area (Å²) in [5.74, 6) is -1.12. The third-order valence-electron chi connectivity index (χ3n) is 3.19. The van der Waals surface area contributed by atoms with Crippen molar-refractivity contribution in [3.05, 3.63) is 0 Å². The summed E-state index contributed by atoms with van der Waals surface area (Å²) < 4.78 is 9.88. The minimum atomic E-state index is -0.724. The first-order chi connectivity index (χ1) is 8.19. The molecule has 98 valence electrons. The fourth-order valence-corrected chi connectivity index (χ4v) is 2.35. The average Bonchev–Trinajstić information content (AvgIpc) is 2.79. The summed E-state index contributed by atoms with van der Waals surface area (Å²) in [6, 6.07) is 0. The van der Waals surface area contributed by atoms with Gasteiger partial charge in [-0.25, -0.2) is 0 Å². The Morgan fingerprint density at radius 2 is 1.53 bits per heavy atom. The molecule has 4 heteroatoms. The van der Waals surface area contributed by atoms with E-state index in [1.165, 1.54) is 12.8 Å². The summed E-state index contributed by atoms with van der Waals surface area (Å²) in [6.45, 7) is 4.10. The number of hydrogen-bond acceptors (Lipinski definition) is 4. The fraction of sp³-hybridized carbons (Fsp3) is 0.846. The Hall–Kier alpha value is -1.06. The van der Waals surface area contributed by atoms with Gasteiger partial charge in [0.05, 0.1) is 13.2 Å². The van der Waals surface area contributed by atoms with Gasteiger partial charge in [0.15, 0.2) is 5.92 Å². The quantitative estimate of drug-likeness (QED) is 0.530. The van der Waals surface area contributed by atoms with E-state index in [9.17, 15) is 9.59 Å². The molecule has 1 fully saturated rings. The van der Waals surface area contributed by atoms with Gasteiger partial charge in [0.25, 0.3) is 0 Å². The maximum absolute atomic E-state index is 11.7. The second-order valence-electron chi connectivity index (χ2n) is 4.44. The zero-order chi connectivity index (χ0) is 12.7. The van der Waals surface area contributed by atoms with Crippen LogP contribution in [0.4, 0.5) is 0 Å². The van der Waals surface area contributed by atoms with E-state index >= 15 is 0 Å². The predicted molar refractivity (Wildman–Crippen MR) is 63.3 cm³/mol. The Balaban J connectivity index is 2.56. The molecular formula is C13H22O4. The van der Waals surface area contributed by atoms with E-state index < -0.39 is 17.9 Å². The number of esters is 2. The van der Waals surface area contributed by atoms with Crippen molar-refractivity contribution in [2.75, 3.05) is 13.2 Å². The van der Waals surface area contributed by atoms with Gasteiger partial charge in [-0.3, -0.25) is 9.59 Å². The number of ether oxygens (including phenoxy) is 2. The van der Waals surface area contributed by atoms with E-state index in [0.29, 0.717) is 25.6 Å². The topological polar surface area (TPSA) is 52.6 Å². The van der Waals surface area contributed by atoms with Crippen LogP contribution in [0.25, 0.3) is 0 Å². The second kappa shape index (κ2) is 7.30. The van der Waals surface area contributed by atoms with Gasteiger partial charge in [-0.2, -0.15) is 0 Å². The fourth-order valence-electron chi connectivity index (χ4n) is 2.35. The Bertz CT molecular complexity index is 238. The summed E-state index contributed by atoms with van der Waals surface area (Å²) in [6.07, 6.45) is 5.19. The molecule has 0 unspecified atom stereocenters. The van der Waals surface area contributed by atoms with Crippen LogP contribution in [-0.2, 0) is 19.1 Å². The summed E-state index contributed by atoms with van der Waals surface area (Å²) in [5, 5.41) is 0. The molecule has 1 rings (SSSR count). The van der Waals surface area contributed by atoms with Crippen LogP contribution >= 0.6 is 0 Å². The van der Waals surface area contributed by atoms with Crippen LogP contribution < -0.4 is 0 Å². The summed E-state index contributed by atoms with van der Waals surface area (Å²) in [5.41, 5.74) is 0. The van der Waals surface area contributed by atoms with Crippen molar-refractivity contribution in [3.8, 4) is 0 Å². The molecule has 1 aliphatic rings. The van der Waals surface area contributed by atoms with Crippen LogP contribution in [0.3, 0.4) is 0 Å². The Morgan fingerprint density at radius 3 is 1.94 bits per heavy atom. The van der Waals surface area contributed by atoms with E-state index in [4.69, 9.17) is 9.47 Å². The zero-order valence-electron chi connectivity index (χ0n) is 10.7. The molecule has 0 radical (unpaired) electrons. The monoisotopic (exact) mass is 242 g/mol. The van der Waals surface area contributed by atoms with Gasteiger partial charge in [0, 0.05) is 0 Å². The highest BCUT2D eigenvalue weighted by Crippen LogP contribution is 2.31. The van der Waals surface area contributed by atoms with Crippen LogP contribution in [0.2, 0.25) is 0 Å². The van der Waals surface area contributed by atoms with Gasteiger partial charge in [0.1, 0.15) is 0 Å². The molecule has 0 atom stereocenters. The minimum Gasteiger partial charge on any atom is -0.465 e. The largest absolute Gasteiger partial charge is 0.465 e.